The summed E-state index contributed by atoms with van der Waals surface area (Å²) in [6.45, 7) is 0.250. The molecule has 0 fully saturated rings. The van der Waals surface area contributed by atoms with Crippen LogP contribution >= 0.6 is 0 Å². The monoisotopic (exact) mass is 306 g/mol. The van der Waals surface area contributed by atoms with Gasteiger partial charge in [-0.2, -0.15) is 0 Å². The summed E-state index contributed by atoms with van der Waals surface area (Å²) in [5, 5.41) is 4.72. The standard InChI is InChI=1S/C18H18N4O/c19-11-16(12-4-2-1-3-5-12)18(23)22-14-6-7-15-13(10-14)8-9-21-17(15)20/h1-10,16H,11,19H2,(H2,20,21)(H,22,23). The molecule has 5 heteroatoms. The largest absolute Gasteiger partial charge is 0.383 e. The van der Waals surface area contributed by atoms with E-state index in [4.69, 9.17) is 11.5 Å². The van der Waals surface area contributed by atoms with Gasteiger partial charge in [0.15, 0.2) is 0 Å². The van der Waals surface area contributed by atoms with Crippen molar-refractivity contribution in [2.24, 2.45) is 5.73 Å². The van der Waals surface area contributed by atoms with Crippen LogP contribution in [0.2, 0.25) is 0 Å². The van der Waals surface area contributed by atoms with Gasteiger partial charge < -0.3 is 16.8 Å². The quantitative estimate of drug-likeness (QED) is 0.690. The van der Waals surface area contributed by atoms with E-state index in [2.05, 4.69) is 10.3 Å². The third-order valence-electron chi connectivity index (χ3n) is 3.82. The third kappa shape index (κ3) is 3.14. The van der Waals surface area contributed by atoms with Gasteiger partial charge in [0.2, 0.25) is 5.91 Å². The number of nitrogen functional groups attached to an aromatic ring is 1. The summed E-state index contributed by atoms with van der Waals surface area (Å²) < 4.78 is 0. The second kappa shape index (κ2) is 6.46. The zero-order chi connectivity index (χ0) is 16.2. The molecule has 0 saturated heterocycles. The van der Waals surface area contributed by atoms with Crippen LogP contribution in [0, 0.1) is 0 Å². The molecular weight excluding hydrogens is 288 g/mol. The number of rotatable bonds is 4. The number of aromatic nitrogens is 1. The number of benzene rings is 2. The number of fused-ring (bicyclic) bond motifs is 1. The predicted octanol–water partition coefficient (Wildman–Crippen LogP) is 2.50. The van der Waals surface area contributed by atoms with Crippen LogP contribution in [0.15, 0.2) is 60.8 Å². The SMILES string of the molecule is NCC(C(=O)Nc1ccc2c(N)nccc2c1)c1ccccc1. The van der Waals surface area contributed by atoms with Gasteiger partial charge >= 0.3 is 0 Å². The lowest BCUT2D eigenvalue weighted by Gasteiger charge is -2.15. The molecule has 0 aliphatic heterocycles. The highest BCUT2D eigenvalue weighted by molar-refractivity contribution is 5.99. The number of carbonyl (C=O) groups is 1. The highest BCUT2D eigenvalue weighted by Gasteiger charge is 2.19. The number of nitrogens with two attached hydrogens (primary N) is 2. The van der Waals surface area contributed by atoms with Crippen LogP contribution in [0.3, 0.4) is 0 Å². The normalized spacial score (nSPS) is 12.0. The fraction of sp³-hybridized carbons (Fsp3) is 0.111. The molecule has 0 radical (unpaired) electrons. The van der Waals surface area contributed by atoms with Gasteiger partial charge in [-0.25, -0.2) is 4.98 Å². The minimum Gasteiger partial charge on any atom is -0.383 e. The summed E-state index contributed by atoms with van der Waals surface area (Å²) in [6.07, 6.45) is 1.65. The second-order valence-corrected chi connectivity index (χ2v) is 5.32. The Kier molecular flexibility index (Phi) is 4.21. The lowest BCUT2D eigenvalue weighted by molar-refractivity contribution is -0.117. The molecule has 3 aromatic rings. The number of hydrogen-bond donors (Lipinski definition) is 3. The molecule has 1 amide bonds. The van der Waals surface area contributed by atoms with E-state index in [0.29, 0.717) is 11.5 Å². The van der Waals surface area contributed by atoms with Crippen molar-refractivity contribution in [3.63, 3.8) is 0 Å². The van der Waals surface area contributed by atoms with Crippen LogP contribution < -0.4 is 16.8 Å². The molecule has 5 nitrogen and oxygen atoms in total. The summed E-state index contributed by atoms with van der Waals surface area (Å²) in [5.41, 5.74) is 13.2. The zero-order valence-corrected chi connectivity index (χ0v) is 12.6. The number of anilines is 2. The maximum Gasteiger partial charge on any atom is 0.233 e. The van der Waals surface area contributed by atoms with Gasteiger partial charge in [0, 0.05) is 23.8 Å². The average molecular weight is 306 g/mol. The van der Waals surface area contributed by atoms with Crippen LogP contribution in [-0.2, 0) is 4.79 Å². The van der Waals surface area contributed by atoms with E-state index in [0.717, 1.165) is 16.3 Å². The molecule has 2 aromatic carbocycles. The Morgan fingerprint density at radius 1 is 1.13 bits per heavy atom. The van der Waals surface area contributed by atoms with E-state index >= 15 is 0 Å². The van der Waals surface area contributed by atoms with Crippen LogP contribution in [0.5, 0.6) is 0 Å². The van der Waals surface area contributed by atoms with Gasteiger partial charge in [-0.3, -0.25) is 4.79 Å². The van der Waals surface area contributed by atoms with Crippen LogP contribution in [-0.4, -0.2) is 17.4 Å². The molecule has 0 aliphatic rings. The van der Waals surface area contributed by atoms with E-state index in [1.54, 1.807) is 6.20 Å². The molecule has 1 atom stereocenters. The van der Waals surface area contributed by atoms with Crippen LogP contribution in [0.4, 0.5) is 11.5 Å². The van der Waals surface area contributed by atoms with Gasteiger partial charge in [0.05, 0.1) is 5.92 Å². The van der Waals surface area contributed by atoms with Crippen molar-refractivity contribution >= 4 is 28.2 Å². The van der Waals surface area contributed by atoms with Crippen molar-refractivity contribution in [3.8, 4) is 0 Å². The Bertz CT molecular complexity index is 833. The van der Waals surface area contributed by atoms with Gasteiger partial charge in [0.1, 0.15) is 5.82 Å². The van der Waals surface area contributed by atoms with E-state index in [1.807, 2.05) is 54.6 Å². The van der Waals surface area contributed by atoms with Crippen molar-refractivity contribution in [1.82, 2.24) is 4.98 Å². The smallest absolute Gasteiger partial charge is 0.233 e. The maximum absolute atomic E-state index is 12.5. The summed E-state index contributed by atoms with van der Waals surface area (Å²) in [5.74, 6) is -0.0287. The highest BCUT2D eigenvalue weighted by Crippen LogP contribution is 2.23. The number of carbonyl (C=O) groups excluding carboxylic acids is 1. The first-order valence-corrected chi connectivity index (χ1v) is 7.39. The lowest BCUT2D eigenvalue weighted by Crippen LogP contribution is -2.27. The Morgan fingerprint density at radius 3 is 2.65 bits per heavy atom. The van der Waals surface area contributed by atoms with Crippen molar-refractivity contribution < 1.29 is 4.79 Å². The lowest BCUT2D eigenvalue weighted by atomic mass is 9.98. The molecule has 3 rings (SSSR count). The summed E-state index contributed by atoms with van der Waals surface area (Å²) in [4.78, 5) is 16.6. The molecule has 1 heterocycles. The van der Waals surface area contributed by atoms with Crippen LogP contribution in [0.1, 0.15) is 11.5 Å². The van der Waals surface area contributed by atoms with Crippen molar-refractivity contribution in [3.05, 3.63) is 66.4 Å². The first-order valence-electron chi connectivity index (χ1n) is 7.39. The minimum atomic E-state index is -0.380. The Hall–Kier alpha value is -2.92. The van der Waals surface area contributed by atoms with Gasteiger partial charge in [-0.1, -0.05) is 30.3 Å². The zero-order valence-electron chi connectivity index (χ0n) is 12.6. The topological polar surface area (TPSA) is 94.0 Å². The van der Waals surface area contributed by atoms with Gasteiger partial charge in [-0.05, 0) is 35.2 Å². The number of amides is 1. The third-order valence-corrected chi connectivity index (χ3v) is 3.82. The number of nitrogens with one attached hydrogen (secondary N) is 1. The van der Waals surface area contributed by atoms with E-state index in [-0.39, 0.29) is 18.4 Å². The number of nitrogens with zero attached hydrogens (tertiary/aromatic N) is 1. The van der Waals surface area contributed by atoms with Crippen molar-refractivity contribution in [2.75, 3.05) is 17.6 Å². The molecule has 0 bridgehead atoms. The van der Waals surface area contributed by atoms with E-state index in [1.165, 1.54) is 0 Å². The Balaban J connectivity index is 1.84. The Morgan fingerprint density at radius 2 is 1.91 bits per heavy atom. The second-order valence-electron chi connectivity index (χ2n) is 5.32. The molecule has 1 unspecified atom stereocenters. The van der Waals surface area contributed by atoms with Gasteiger partial charge in [-0.15, -0.1) is 0 Å². The molecule has 23 heavy (non-hydrogen) atoms. The van der Waals surface area contributed by atoms with Crippen molar-refractivity contribution in [2.45, 2.75) is 5.92 Å². The molecule has 0 saturated carbocycles. The summed E-state index contributed by atoms with van der Waals surface area (Å²) in [6, 6.07) is 16.9. The number of pyridine rings is 1. The van der Waals surface area contributed by atoms with E-state index < -0.39 is 0 Å². The van der Waals surface area contributed by atoms with Gasteiger partial charge in [0.25, 0.3) is 0 Å². The molecule has 0 aliphatic carbocycles. The van der Waals surface area contributed by atoms with Crippen molar-refractivity contribution in [1.29, 1.82) is 0 Å². The maximum atomic E-state index is 12.5. The van der Waals surface area contributed by atoms with Crippen LogP contribution in [0.25, 0.3) is 10.8 Å². The first kappa shape index (κ1) is 15.0. The Labute approximate surface area is 134 Å². The fourth-order valence-corrected chi connectivity index (χ4v) is 2.59. The first-order chi connectivity index (χ1) is 11.2. The average Bonchev–Trinajstić information content (AvgIpc) is 2.56. The molecular formula is C18H18N4O. The van der Waals surface area contributed by atoms with E-state index in [9.17, 15) is 4.79 Å². The molecule has 116 valence electrons. The predicted molar refractivity (Wildman–Crippen MR) is 93.0 cm³/mol. The fourth-order valence-electron chi connectivity index (χ4n) is 2.59. The highest BCUT2D eigenvalue weighted by atomic mass is 16.1. The summed E-state index contributed by atoms with van der Waals surface area (Å²) in [7, 11) is 0. The minimum absolute atomic E-state index is 0.125. The molecule has 0 spiro atoms. The molecule has 5 N–H and O–H groups in total. The summed E-state index contributed by atoms with van der Waals surface area (Å²) >= 11 is 0. The molecule has 1 aromatic heterocycles. The number of hydrogen-bond acceptors (Lipinski definition) is 4.